The molecule has 4 rings (SSSR count). The maximum Gasteiger partial charge on any atom is 0.257 e. The monoisotopic (exact) mass is 447 g/mol. The summed E-state index contributed by atoms with van der Waals surface area (Å²) in [6.07, 6.45) is 1.62. The number of nitrogens with one attached hydrogen (secondary N) is 1. The molecule has 33 heavy (non-hydrogen) atoms. The number of ether oxygens (including phenoxy) is 2. The summed E-state index contributed by atoms with van der Waals surface area (Å²) >= 11 is 0. The second kappa shape index (κ2) is 10.2. The van der Waals surface area contributed by atoms with Crippen molar-refractivity contribution >= 4 is 17.5 Å². The first-order valence-electron chi connectivity index (χ1n) is 11.0. The Balaban J connectivity index is 1.36. The van der Waals surface area contributed by atoms with E-state index in [-0.39, 0.29) is 5.91 Å². The summed E-state index contributed by atoms with van der Waals surface area (Å²) in [6.45, 7) is 5.16. The van der Waals surface area contributed by atoms with E-state index in [0.29, 0.717) is 36.8 Å². The van der Waals surface area contributed by atoms with Gasteiger partial charge in [0.25, 0.3) is 5.91 Å². The lowest BCUT2D eigenvalue weighted by molar-refractivity contribution is 0.0745. The third kappa shape index (κ3) is 5.16. The Morgan fingerprint density at radius 2 is 1.82 bits per heavy atom. The maximum atomic E-state index is 13.1. The van der Waals surface area contributed by atoms with Gasteiger partial charge in [0, 0.05) is 38.9 Å². The third-order valence-electron chi connectivity index (χ3n) is 5.79. The van der Waals surface area contributed by atoms with Crippen molar-refractivity contribution in [3.63, 3.8) is 0 Å². The Labute approximate surface area is 194 Å². The third-order valence-corrected chi connectivity index (χ3v) is 5.79. The van der Waals surface area contributed by atoms with Crippen molar-refractivity contribution in [2.75, 3.05) is 50.6 Å². The largest absolute Gasteiger partial charge is 0.497 e. The van der Waals surface area contributed by atoms with Gasteiger partial charge in [0.05, 0.1) is 31.2 Å². The minimum absolute atomic E-state index is 0.0356. The van der Waals surface area contributed by atoms with Crippen molar-refractivity contribution < 1.29 is 14.3 Å². The van der Waals surface area contributed by atoms with Crippen LogP contribution >= 0.6 is 0 Å². The maximum absolute atomic E-state index is 13.1. The Morgan fingerprint density at radius 1 is 1.03 bits per heavy atom. The van der Waals surface area contributed by atoms with Crippen LogP contribution in [-0.4, -0.2) is 61.2 Å². The van der Waals surface area contributed by atoms with Gasteiger partial charge in [-0.3, -0.25) is 4.79 Å². The molecule has 1 saturated heterocycles. The second-order valence-electron chi connectivity index (χ2n) is 7.85. The lowest BCUT2D eigenvalue weighted by Crippen LogP contribution is -2.49. The van der Waals surface area contributed by atoms with E-state index in [2.05, 4.69) is 20.2 Å². The topological polar surface area (TPSA) is 79.8 Å². The second-order valence-corrected chi connectivity index (χ2v) is 7.85. The number of nitrogens with zero attached hydrogens (tertiary/aromatic N) is 4. The van der Waals surface area contributed by atoms with Gasteiger partial charge in [-0.05, 0) is 36.8 Å². The number of rotatable bonds is 7. The normalized spacial score (nSPS) is 13.5. The zero-order chi connectivity index (χ0) is 23.2. The van der Waals surface area contributed by atoms with Gasteiger partial charge in [-0.2, -0.15) is 0 Å². The summed E-state index contributed by atoms with van der Waals surface area (Å²) < 4.78 is 10.7. The van der Waals surface area contributed by atoms with Crippen LogP contribution in [0.5, 0.6) is 11.5 Å². The number of methoxy groups -OCH3 is 2. The fourth-order valence-electron chi connectivity index (χ4n) is 3.94. The highest BCUT2D eigenvalue weighted by molar-refractivity contribution is 5.95. The predicted molar refractivity (Wildman–Crippen MR) is 128 cm³/mol. The molecule has 2 aromatic carbocycles. The summed E-state index contributed by atoms with van der Waals surface area (Å²) in [6, 6.07) is 15.8. The van der Waals surface area contributed by atoms with E-state index in [0.717, 1.165) is 35.8 Å². The quantitative estimate of drug-likeness (QED) is 0.595. The van der Waals surface area contributed by atoms with E-state index in [1.165, 1.54) is 0 Å². The number of piperazine rings is 1. The molecule has 1 fully saturated rings. The molecule has 3 aromatic rings. The fraction of sp³-hybridized carbons (Fsp3) is 0.320. The molecule has 1 aliphatic heterocycles. The van der Waals surface area contributed by atoms with Crippen molar-refractivity contribution in [1.29, 1.82) is 0 Å². The van der Waals surface area contributed by atoms with Crippen molar-refractivity contribution in [2.45, 2.75) is 13.5 Å². The van der Waals surface area contributed by atoms with Gasteiger partial charge in [-0.15, -0.1) is 0 Å². The lowest BCUT2D eigenvalue weighted by Gasteiger charge is -2.36. The molecule has 0 unspecified atom stereocenters. The van der Waals surface area contributed by atoms with Crippen LogP contribution < -0.4 is 19.7 Å². The van der Waals surface area contributed by atoms with Crippen molar-refractivity contribution in [3.05, 3.63) is 71.5 Å². The first kappa shape index (κ1) is 22.4. The minimum Gasteiger partial charge on any atom is -0.497 e. The van der Waals surface area contributed by atoms with Gasteiger partial charge in [0.2, 0.25) is 5.95 Å². The zero-order valence-electron chi connectivity index (χ0n) is 19.2. The molecule has 1 N–H and O–H groups in total. The number of hydrogen-bond acceptors (Lipinski definition) is 7. The van der Waals surface area contributed by atoms with E-state index in [1.807, 2.05) is 60.4 Å². The number of carbonyl (C=O) groups excluding carboxylic acids is 1. The van der Waals surface area contributed by atoms with Gasteiger partial charge in [0.15, 0.2) is 0 Å². The highest BCUT2D eigenvalue weighted by Gasteiger charge is 2.25. The molecule has 0 spiro atoms. The molecule has 2 heterocycles. The Kier molecular flexibility index (Phi) is 6.92. The molecule has 1 amide bonds. The van der Waals surface area contributed by atoms with Gasteiger partial charge >= 0.3 is 0 Å². The van der Waals surface area contributed by atoms with Crippen LogP contribution in [0.25, 0.3) is 0 Å². The molecular formula is C25H29N5O3. The number of amides is 1. The molecule has 0 radical (unpaired) electrons. The Morgan fingerprint density at radius 3 is 2.55 bits per heavy atom. The lowest BCUT2D eigenvalue weighted by atomic mass is 10.2. The molecule has 0 atom stereocenters. The number of anilines is 2. The summed E-state index contributed by atoms with van der Waals surface area (Å²) in [7, 11) is 3.32. The van der Waals surface area contributed by atoms with Gasteiger partial charge in [-0.1, -0.05) is 24.3 Å². The fourth-order valence-corrected chi connectivity index (χ4v) is 3.94. The molecule has 1 aromatic heterocycles. The number of carbonyl (C=O) groups is 1. The standard InChI is InChI=1S/C25H29N5O3/c1-18-21(17-27-25(28-18)26-16-19-7-6-8-20(15-19)32-2)24(31)30-13-11-29(12-14-30)22-9-4-5-10-23(22)33-3/h4-10,15,17H,11-14,16H2,1-3H3,(H,26,27,28). The van der Waals surface area contributed by atoms with Crippen molar-refractivity contribution in [1.82, 2.24) is 14.9 Å². The highest BCUT2D eigenvalue weighted by Crippen LogP contribution is 2.28. The zero-order valence-corrected chi connectivity index (χ0v) is 19.2. The number of hydrogen-bond donors (Lipinski definition) is 1. The van der Waals surface area contributed by atoms with Crippen LogP contribution in [0, 0.1) is 6.92 Å². The van der Waals surface area contributed by atoms with Crippen LogP contribution in [0.2, 0.25) is 0 Å². The first-order chi connectivity index (χ1) is 16.1. The van der Waals surface area contributed by atoms with Gasteiger partial charge in [-0.25, -0.2) is 9.97 Å². The van der Waals surface area contributed by atoms with E-state index < -0.39 is 0 Å². The van der Waals surface area contributed by atoms with Crippen molar-refractivity contribution in [2.24, 2.45) is 0 Å². The van der Waals surface area contributed by atoms with Crippen LogP contribution in [0.1, 0.15) is 21.6 Å². The molecule has 0 saturated carbocycles. The molecule has 172 valence electrons. The van der Waals surface area contributed by atoms with Crippen molar-refractivity contribution in [3.8, 4) is 11.5 Å². The van der Waals surface area contributed by atoms with E-state index >= 15 is 0 Å². The Bertz CT molecular complexity index is 1110. The summed E-state index contributed by atoms with van der Waals surface area (Å²) in [5, 5.41) is 3.21. The van der Waals surface area contributed by atoms with Crippen LogP contribution in [0.15, 0.2) is 54.7 Å². The minimum atomic E-state index is -0.0356. The average molecular weight is 448 g/mol. The van der Waals surface area contributed by atoms with Gasteiger partial charge < -0.3 is 24.6 Å². The Hall–Kier alpha value is -3.81. The smallest absolute Gasteiger partial charge is 0.257 e. The van der Waals surface area contributed by atoms with E-state index in [9.17, 15) is 4.79 Å². The molecular weight excluding hydrogens is 418 g/mol. The summed E-state index contributed by atoms with van der Waals surface area (Å²) in [4.78, 5) is 26.1. The van der Waals surface area contributed by atoms with Crippen LogP contribution in [0.4, 0.5) is 11.6 Å². The molecule has 8 nitrogen and oxygen atoms in total. The van der Waals surface area contributed by atoms with Gasteiger partial charge in [0.1, 0.15) is 11.5 Å². The van der Waals surface area contributed by atoms with Crippen LogP contribution in [-0.2, 0) is 6.54 Å². The van der Waals surface area contributed by atoms with E-state index in [4.69, 9.17) is 9.47 Å². The summed E-state index contributed by atoms with van der Waals surface area (Å²) in [5.74, 6) is 2.11. The molecule has 8 heteroatoms. The first-order valence-corrected chi connectivity index (χ1v) is 11.0. The summed E-state index contributed by atoms with van der Waals surface area (Å²) in [5.41, 5.74) is 3.31. The molecule has 0 aliphatic carbocycles. The SMILES string of the molecule is COc1cccc(CNc2ncc(C(=O)N3CCN(c4ccccc4OC)CC3)c(C)n2)c1. The average Bonchev–Trinajstić information content (AvgIpc) is 2.87. The van der Waals surface area contributed by atoms with Crippen LogP contribution in [0.3, 0.4) is 0 Å². The molecule has 0 bridgehead atoms. The van der Waals surface area contributed by atoms with E-state index in [1.54, 1.807) is 20.4 Å². The highest BCUT2D eigenvalue weighted by atomic mass is 16.5. The number of aromatic nitrogens is 2. The number of para-hydroxylation sites is 2. The number of benzene rings is 2. The number of aryl methyl sites for hydroxylation is 1. The predicted octanol–water partition coefficient (Wildman–Crippen LogP) is 3.38. The molecule has 1 aliphatic rings.